The Morgan fingerprint density at radius 1 is 1.52 bits per heavy atom. The van der Waals surface area contributed by atoms with E-state index in [0.717, 1.165) is 30.7 Å². The van der Waals surface area contributed by atoms with Gasteiger partial charge < -0.3 is 10.6 Å². The van der Waals surface area contributed by atoms with Crippen LogP contribution in [0.2, 0.25) is 0 Å². The summed E-state index contributed by atoms with van der Waals surface area (Å²) in [6, 6.07) is 5.92. The number of hydrogen-bond acceptors (Lipinski definition) is 3. The Labute approximate surface area is 127 Å². The summed E-state index contributed by atoms with van der Waals surface area (Å²) in [4.78, 5) is 19.2. The van der Waals surface area contributed by atoms with Gasteiger partial charge in [0.25, 0.3) is 0 Å². The minimum absolute atomic E-state index is 0.0832. The SMILES string of the molecule is CCN(Cc1cccc(C)n1)C(=O)C1(N)CCCC(C)C1. The summed E-state index contributed by atoms with van der Waals surface area (Å²) < 4.78 is 0. The van der Waals surface area contributed by atoms with Gasteiger partial charge >= 0.3 is 0 Å². The van der Waals surface area contributed by atoms with Crippen molar-refractivity contribution in [3.8, 4) is 0 Å². The van der Waals surface area contributed by atoms with E-state index in [0.29, 0.717) is 19.0 Å². The molecule has 2 atom stereocenters. The van der Waals surface area contributed by atoms with E-state index in [1.165, 1.54) is 6.42 Å². The number of likely N-dealkylation sites (N-methyl/N-ethyl adjacent to an activating group) is 1. The highest BCUT2D eigenvalue weighted by molar-refractivity contribution is 5.86. The van der Waals surface area contributed by atoms with Crippen LogP contribution in [0.3, 0.4) is 0 Å². The lowest BCUT2D eigenvalue weighted by atomic mass is 9.76. The number of carbonyl (C=O) groups excluding carboxylic acids is 1. The maximum Gasteiger partial charge on any atom is 0.243 e. The summed E-state index contributed by atoms with van der Waals surface area (Å²) in [5.74, 6) is 0.614. The molecular formula is C17H27N3O. The molecular weight excluding hydrogens is 262 g/mol. The van der Waals surface area contributed by atoms with Crippen LogP contribution in [0.5, 0.6) is 0 Å². The van der Waals surface area contributed by atoms with E-state index in [4.69, 9.17) is 5.73 Å². The van der Waals surface area contributed by atoms with Crippen LogP contribution < -0.4 is 5.73 Å². The number of nitrogens with two attached hydrogens (primary N) is 1. The highest BCUT2D eigenvalue weighted by Crippen LogP contribution is 2.32. The van der Waals surface area contributed by atoms with E-state index < -0.39 is 5.54 Å². The van der Waals surface area contributed by atoms with Crippen molar-refractivity contribution >= 4 is 5.91 Å². The van der Waals surface area contributed by atoms with Crippen molar-refractivity contribution in [2.45, 2.75) is 58.5 Å². The number of nitrogens with zero attached hydrogens (tertiary/aromatic N) is 2. The summed E-state index contributed by atoms with van der Waals surface area (Å²) in [6.45, 7) is 7.37. The predicted molar refractivity (Wildman–Crippen MR) is 84.6 cm³/mol. The molecule has 1 heterocycles. The smallest absolute Gasteiger partial charge is 0.243 e. The molecule has 1 aliphatic rings. The molecule has 116 valence electrons. The molecule has 1 aromatic heterocycles. The molecule has 0 spiro atoms. The summed E-state index contributed by atoms with van der Waals surface area (Å²) in [7, 11) is 0. The maximum atomic E-state index is 12.9. The number of amides is 1. The molecule has 0 radical (unpaired) electrons. The second-order valence-corrected chi connectivity index (χ2v) is 6.45. The van der Waals surface area contributed by atoms with E-state index in [9.17, 15) is 4.79 Å². The fourth-order valence-electron chi connectivity index (χ4n) is 3.31. The van der Waals surface area contributed by atoms with Gasteiger partial charge in [-0.15, -0.1) is 0 Å². The van der Waals surface area contributed by atoms with Gasteiger partial charge in [-0.05, 0) is 44.7 Å². The first kappa shape index (κ1) is 16.0. The van der Waals surface area contributed by atoms with Crippen LogP contribution in [-0.2, 0) is 11.3 Å². The molecule has 2 unspecified atom stereocenters. The van der Waals surface area contributed by atoms with E-state index in [2.05, 4.69) is 11.9 Å². The minimum Gasteiger partial charge on any atom is -0.335 e. The largest absolute Gasteiger partial charge is 0.335 e. The van der Waals surface area contributed by atoms with Gasteiger partial charge in [-0.25, -0.2) is 0 Å². The Kier molecular flexibility index (Phi) is 4.99. The quantitative estimate of drug-likeness (QED) is 0.927. The van der Waals surface area contributed by atoms with Crippen molar-refractivity contribution in [3.05, 3.63) is 29.6 Å². The monoisotopic (exact) mass is 289 g/mol. The first-order valence-corrected chi connectivity index (χ1v) is 7.95. The fraction of sp³-hybridized carbons (Fsp3) is 0.647. The highest BCUT2D eigenvalue weighted by atomic mass is 16.2. The van der Waals surface area contributed by atoms with Gasteiger partial charge in [0.1, 0.15) is 0 Å². The molecule has 1 fully saturated rings. The van der Waals surface area contributed by atoms with Gasteiger partial charge in [0, 0.05) is 12.2 Å². The highest BCUT2D eigenvalue weighted by Gasteiger charge is 2.40. The summed E-state index contributed by atoms with van der Waals surface area (Å²) in [5, 5.41) is 0. The van der Waals surface area contributed by atoms with Gasteiger partial charge in [0.05, 0.1) is 17.8 Å². The molecule has 1 saturated carbocycles. The van der Waals surface area contributed by atoms with Crippen LogP contribution in [0.1, 0.15) is 50.9 Å². The lowest BCUT2D eigenvalue weighted by Crippen LogP contribution is -2.57. The van der Waals surface area contributed by atoms with Crippen LogP contribution in [0, 0.1) is 12.8 Å². The third kappa shape index (κ3) is 3.82. The van der Waals surface area contributed by atoms with Crippen LogP contribution >= 0.6 is 0 Å². The number of aryl methyl sites for hydroxylation is 1. The first-order valence-electron chi connectivity index (χ1n) is 7.95. The average molecular weight is 289 g/mol. The lowest BCUT2D eigenvalue weighted by Gasteiger charge is -2.38. The zero-order chi connectivity index (χ0) is 15.5. The maximum absolute atomic E-state index is 12.9. The second-order valence-electron chi connectivity index (χ2n) is 6.45. The zero-order valence-corrected chi connectivity index (χ0v) is 13.4. The van der Waals surface area contributed by atoms with Crippen molar-refractivity contribution in [3.63, 3.8) is 0 Å². The molecule has 1 amide bonds. The Bertz CT molecular complexity index is 503. The lowest BCUT2D eigenvalue weighted by molar-refractivity contribution is -0.139. The van der Waals surface area contributed by atoms with E-state index >= 15 is 0 Å². The van der Waals surface area contributed by atoms with Gasteiger partial charge in [-0.1, -0.05) is 25.8 Å². The molecule has 1 aliphatic carbocycles. The molecule has 2 N–H and O–H groups in total. The Morgan fingerprint density at radius 2 is 2.29 bits per heavy atom. The van der Waals surface area contributed by atoms with Crippen LogP contribution in [0.4, 0.5) is 0 Å². The summed E-state index contributed by atoms with van der Waals surface area (Å²) >= 11 is 0. The number of aromatic nitrogens is 1. The van der Waals surface area contributed by atoms with Crippen LogP contribution in [0.15, 0.2) is 18.2 Å². The Balaban J connectivity index is 2.11. The number of hydrogen-bond donors (Lipinski definition) is 1. The third-order valence-electron chi connectivity index (χ3n) is 4.43. The van der Waals surface area contributed by atoms with E-state index in [1.807, 2.05) is 36.9 Å². The average Bonchev–Trinajstić information content (AvgIpc) is 2.44. The van der Waals surface area contributed by atoms with Crippen molar-refractivity contribution in [1.29, 1.82) is 0 Å². The van der Waals surface area contributed by atoms with Crippen LogP contribution in [0.25, 0.3) is 0 Å². The Hall–Kier alpha value is -1.42. The number of rotatable bonds is 4. The molecule has 0 aromatic carbocycles. The van der Waals surface area contributed by atoms with Crippen molar-refractivity contribution in [2.75, 3.05) is 6.54 Å². The van der Waals surface area contributed by atoms with E-state index in [-0.39, 0.29) is 5.91 Å². The van der Waals surface area contributed by atoms with Gasteiger partial charge in [-0.2, -0.15) is 0 Å². The minimum atomic E-state index is -0.683. The molecule has 0 aliphatic heterocycles. The van der Waals surface area contributed by atoms with Gasteiger partial charge in [0.2, 0.25) is 5.91 Å². The molecule has 0 bridgehead atoms. The molecule has 2 rings (SSSR count). The molecule has 4 nitrogen and oxygen atoms in total. The number of pyridine rings is 1. The van der Waals surface area contributed by atoms with Crippen LogP contribution in [-0.4, -0.2) is 27.9 Å². The Morgan fingerprint density at radius 3 is 2.90 bits per heavy atom. The standard InChI is InChI=1S/C17H27N3O/c1-4-20(12-15-9-5-8-14(3)19-15)16(21)17(18)10-6-7-13(2)11-17/h5,8-9,13H,4,6-7,10-12,18H2,1-3H3. The summed E-state index contributed by atoms with van der Waals surface area (Å²) in [6.07, 6.45) is 3.82. The molecule has 21 heavy (non-hydrogen) atoms. The predicted octanol–water partition coefficient (Wildman–Crippen LogP) is 2.65. The third-order valence-corrected chi connectivity index (χ3v) is 4.43. The molecule has 4 heteroatoms. The van der Waals surface area contributed by atoms with Crippen molar-refractivity contribution in [1.82, 2.24) is 9.88 Å². The van der Waals surface area contributed by atoms with Gasteiger partial charge in [0.15, 0.2) is 0 Å². The second kappa shape index (κ2) is 6.56. The van der Waals surface area contributed by atoms with Gasteiger partial charge in [-0.3, -0.25) is 9.78 Å². The molecule has 0 saturated heterocycles. The number of carbonyl (C=O) groups is 1. The molecule has 1 aromatic rings. The zero-order valence-electron chi connectivity index (χ0n) is 13.4. The topological polar surface area (TPSA) is 59.2 Å². The van der Waals surface area contributed by atoms with Crippen molar-refractivity contribution in [2.24, 2.45) is 11.7 Å². The fourth-order valence-corrected chi connectivity index (χ4v) is 3.31. The van der Waals surface area contributed by atoms with E-state index in [1.54, 1.807) is 0 Å². The first-order chi connectivity index (χ1) is 9.94. The van der Waals surface area contributed by atoms with Crippen molar-refractivity contribution < 1.29 is 4.79 Å². The normalized spacial score (nSPS) is 25.6. The summed E-state index contributed by atoms with van der Waals surface area (Å²) in [5.41, 5.74) is 7.66.